The van der Waals surface area contributed by atoms with Crippen molar-refractivity contribution in [1.82, 2.24) is 0 Å². The summed E-state index contributed by atoms with van der Waals surface area (Å²) in [4.78, 5) is 10.6. The van der Waals surface area contributed by atoms with E-state index < -0.39 is 0 Å². The van der Waals surface area contributed by atoms with Crippen LogP contribution < -0.4 is 0 Å². The van der Waals surface area contributed by atoms with Gasteiger partial charge in [0.15, 0.2) is 6.29 Å². The fourth-order valence-electron chi connectivity index (χ4n) is 1.72. The van der Waals surface area contributed by atoms with Crippen LogP contribution in [0.4, 0.5) is 4.39 Å². The lowest BCUT2D eigenvalue weighted by atomic mass is 9.99. The van der Waals surface area contributed by atoms with Crippen molar-refractivity contribution in [3.8, 4) is 16.9 Å². The zero-order valence-corrected chi connectivity index (χ0v) is 9.27. The van der Waals surface area contributed by atoms with Gasteiger partial charge in [-0.1, -0.05) is 12.1 Å². The third-order valence-electron chi connectivity index (χ3n) is 2.67. The van der Waals surface area contributed by atoms with E-state index in [0.717, 1.165) is 5.56 Å². The minimum absolute atomic E-state index is 0.0961. The number of carbonyl (C=O) groups is 1. The van der Waals surface area contributed by atoms with Crippen LogP contribution in [0.2, 0.25) is 0 Å². The maximum atomic E-state index is 13.2. The molecular weight excluding hydrogens is 219 g/mol. The SMILES string of the molecule is Cc1ccc(F)cc1-c1ccc(C=O)c(O)c1. The van der Waals surface area contributed by atoms with E-state index in [1.54, 1.807) is 12.1 Å². The smallest absolute Gasteiger partial charge is 0.153 e. The molecule has 0 unspecified atom stereocenters. The molecule has 0 bridgehead atoms. The van der Waals surface area contributed by atoms with Crippen molar-refractivity contribution in [1.29, 1.82) is 0 Å². The Balaban J connectivity index is 2.57. The van der Waals surface area contributed by atoms with Crippen LogP contribution in [0, 0.1) is 12.7 Å². The van der Waals surface area contributed by atoms with E-state index in [1.165, 1.54) is 24.3 Å². The maximum absolute atomic E-state index is 13.2. The molecule has 0 atom stereocenters. The van der Waals surface area contributed by atoms with Gasteiger partial charge in [0.2, 0.25) is 0 Å². The zero-order chi connectivity index (χ0) is 12.4. The van der Waals surface area contributed by atoms with Gasteiger partial charge in [-0.2, -0.15) is 0 Å². The topological polar surface area (TPSA) is 37.3 Å². The average Bonchev–Trinajstić information content (AvgIpc) is 2.32. The molecule has 2 aromatic rings. The molecule has 0 amide bonds. The van der Waals surface area contributed by atoms with Crippen molar-refractivity contribution in [2.75, 3.05) is 0 Å². The van der Waals surface area contributed by atoms with E-state index in [-0.39, 0.29) is 17.1 Å². The molecule has 17 heavy (non-hydrogen) atoms. The van der Waals surface area contributed by atoms with Crippen LogP contribution in [0.3, 0.4) is 0 Å². The monoisotopic (exact) mass is 230 g/mol. The number of phenolic OH excluding ortho intramolecular Hbond substituents is 1. The Morgan fingerprint density at radius 3 is 2.59 bits per heavy atom. The fraction of sp³-hybridized carbons (Fsp3) is 0.0714. The van der Waals surface area contributed by atoms with E-state index in [9.17, 15) is 14.3 Å². The van der Waals surface area contributed by atoms with E-state index in [1.807, 2.05) is 6.92 Å². The molecule has 2 aromatic carbocycles. The second-order valence-electron chi connectivity index (χ2n) is 3.85. The first-order valence-corrected chi connectivity index (χ1v) is 5.16. The third-order valence-corrected chi connectivity index (χ3v) is 2.67. The number of hydrogen-bond acceptors (Lipinski definition) is 2. The summed E-state index contributed by atoms with van der Waals surface area (Å²) in [5.41, 5.74) is 2.52. The van der Waals surface area contributed by atoms with Gasteiger partial charge >= 0.3 is 0 Å². The molecule has 3 heteroatoms. The number of aryl methyl sites for hydroxylation is 1. The van der Waals surface area contributed by atoms with Gasteiger partial charge in [-0.05, 0) is 47.9 Å². The number of rotatable bonds is 2. The van der Waals surface area contributed by atoms with Gasteiger partial charge < -0.3 is 5.11 Å². The number of aromatic hydroxyl groups is 1. The first kappa shape index (κ1) is 11.3. The van der Waals surface area contributed by atoms with Gasteiger partial charge in [0.05, 0.1) is 5.56 Å². The number of aldehydes is 1. The highest BCUT2D eigenvalue weighted by molar-refractivity contribution is 5.82. The second-order valence-corrected chi connectivity index (χ2v) is 3.85. The second kappa shape index (κ2) is 4.37. The third kappa shape index (κ3) is 2.18. The first-order valence-electron chi connectivity index (χ1n) is 5.16. The molecule has 0 fully saturated rings. The number of phenols is 1. The van der Waals surface area contributed by atoms with Crippen molar-refractivity contribution in [3.05, 3.63) is 53.3 Å². The van der Waals surface area contributed by atoms with Crippen LogP contribution in [-0.2, 0) is 0 Å². The van der Waals surface area contributed by atoms with E-state index >= 15 is 0 Å². The molecule has 2 nitrogen and oxygen atoms in total. The summed E-state index contributed by atoms with van der Waals surface area (Å²) >= 11 is 0. The van der Waals surface area contributed by atoms with Crippen molar-refractivity contribution < 1.29 is 14.3 Å². The van der Waals surface area contributed by atoms with Gasteiger partial charge in [0, 0.05) is 0 Å². The van der Waals surface area contributed by atoms with E-state index in [2.05, 4.69) is 0 Å². The minimum atomic E-state index is -0.329. The highest BCUT2D eigenvalue weighted by Crippen LogP contribution is 2.28. The molecule has 0 radical (unpaired) electrons. The Labute approximate surface area is 98.3 Å². The number of carbonyl (C=O) groups excluding carboxylic acids is 1. The lowest BCUT2D eigenvalue weighted by Gasteiger charge is -2.07. The van der Waals surface area contributed by atoms with Crippen LogP contribution in [0.15, 0.2) is 36.4 Å². The van der Waals surface area contributed by atoms with Crippen LogP contribution in [0.1, 0.15) is 15.9 Å². The predicted octanol–water partition coefficient (Wildman–Crippen LogP) is 3.32. The van der Waals surface area contributed by atoms with Gasteiger partial charge in [-0.15, -0.1) is 0 Å². The van der Waals surface area contributed by atoms with Crippen molar-refractivity contribution in [2.24, 2.45) is 0 Å². The molecule has 0 aliphatic heterocycles. The summed E-state index contributed by atoms with van der Waals surface area (Å²) in [6.07, 6.45) is 0.581. The molecule has 86 valence electrons. The summed E-state index contributed by atoms with van der Waals surface area (Å²) in [6, 6.07) is 9.14. The van der Waals surface area contributed by atoms with Crippen LogP contribution >= 0.6 is 0 Å². The number of halogens is 1. The maximum Gasteiger partial charge on any atom is 0.153 e. The minimum Gasteiger partial charge on any atom is -0.507 e. The number of hydrogen-bond donors (Lipinski definition) is 1. The lowest BCUT2D eigenvalue weighted by molar-refractivity contribution is 0.112. The Bertz CT molecular complexity index is 576. The predicted molar refractivity (Wildman–Crippen MR) is 63.6 cm³/mol. The van der Waals surface area contributed by atoms with Gasteiger partial charge in [0.25, 0.3) is 0 Å². The van der Waals surface area contributed by atoms with Gasteiger partial charge in [-0.3, -0.25) is 4.79 Å². The van der Waals surface area contributed by atoms with Crippen molar-refractivity contribution >= 4 is 6.29 Å². The van der Waals surface area contributed by atoms with Crippen molar-refractivity contribution in [3.63, 3.8) is 0 Å². The van der Waals surface area contributed by atoms with Crippen LogP contribution in [0.25, 0.3) is 11.1 Å². The molecule has 0 aliphatic rings. The standard InChI is InChI=1S/C14H11FO2/c1-9-2-5-12(15)7-13(9)10-3-4-11(8-16)14(17)6-10/h2-8,17H,1H3. The average molecular weight is 230 g/mol. The van der Waals surface area contributed by atoms with Crippen LogP contribution in [0.5, 0.6) is 5.75 Å². The lowest BCUT2D eigenvalue weighted by Crippen LogP contribution is -1.87. The molecule has 1 N–H and O–H groups in total. The summed E-state index contributed by atoms with van der Waals surface area (Å²) in [6.45, 7) is 1.86. The highest BCUT2D eigenvalue weighted by Gasteiger charge is 2.06. The normalized spacial score (nSPS) is 10.2. The molecule has 2 rings (SSSR count). The molecule has 0 saturated carbocycles. The summed E-state index contributed by atoms with van der Waals surface area (Å²) in [5, 5.41) is 9.59. The number of benzene rings is 2. The molecule has 0 aliphatic carbocycles. The highest BCUT2D eigenvalue weighted by atomic mass is 19.1. The van der Waals surface area contributed by atoms with Crippen LogP contribution in [-0.4, -0.2) is 11.4 Å². The van der Waals surface area contributed by atoms with Crippen molar-refractivity contribution in [2.45, 2.75) is 6.92 Å². The fourth-order valence-corrected chi connectivity index (χ4v) is 1.72. The van der Waals surface area contributed by atoms with E-state index in [4.69, 9.17) is 0 Å². The molecular formula is C14H11FO2. The van der Waals surface area contributed by atoms with E-state index in [0.29, 0.717) is 17.4 Å². The van der Waals surface area contributed by atoms with Gasteiger partial charge in [0.1, 0.15) is 11.6 Å². The summed E-state index contributed by atoms with van der Waals surface area (Å²) in [7, 11) is 0. The first-order chi connectivity index (χ1) is 8.11. The molecule has 0 heterocycles. The Hall–Kier alpha value is -2.16. The summed E-state index contributed by atoms with van der Waals surface area (Å²) in [5.74, 6) is -0.425. The summed E-state index contributed by atoms with van der Waals surface area (Å²) < 4.78 is 13.2. The quantitative estimate of drug-likeness (QED) is 0.803. The molecule has 0 spiro atoms. The Morgan fingerprint density at radius 1 is 1.18 bits per heavy atom. The Morgan fingerprint density at radius 2 is 1.94 bits per heavy atom. The molecule has 0 saturated heterocycles. The Kier molecular flexibility index (Phi) is 2.91. The zero-order valence-electron chi connectivity index (χ0n) is 9.27. The van der Waals surface area contributed by atoms with Gasteiger partial charge in [-0.25, -0.2) is 4.39 Å². The largest absolute Gasteiger partial charge is 0.507 e. The molecule has 0 aromatic heterocycles.